The summed E-state index contributed by atoms with van der Waals surface area (Å²) in [4.78, 5) is 14.3. The summed E-state index contributed by atoms with van der Waals surface area (Å²) in [5.74, 6) is 0.164. The van der Waals surface area contributed by atoms with E-state index in [-0.39, 0.29) is 12.0 Å². The van der Waals surface area contributed by atoms with Gasteiger partial charge in [0.15, 0.2) is 0 Å². The van der Waals surface area contributed by atoms with Crippen LogP contribution < -0.4 is 5.32 Å². The van der Waals surface area contributed by atoms with Crippen molar-refractivity contribution in [1.29, 1.82) is 0 Å². The van der Waals surface area contributed by atoms with Crippen molar-refractivity contribution in [3.8, 4) is 0 Å². The van der Waals surface area contributed by atoms with E-state index in [9.17, 15) is 4.79 Å². The Morgan fingerprint density at radius 3 is 2.65 bits per heavy atom. The molecule has 0 bridgehead atoms. The van der Waals surface area contributed by atoms with Crippen molar-refractivity contribution in [1.82, 2.24) is 10.2 Å². The number of ether oxygens (including phenoxy) is 1. The van der Waals surface area contributed by atoms with Gasteiger partial charge in [0.2, 0.25) is 5.91 Å². The van der Waals surface area contributed by atoms with E-state index in [4.69, 9.17) is 4.74 Å². The minimum atomic E-state index is -0.483. The smallest absolute Gasteiger partial charge is 0.242 e. The number of hydrogen-bond donors (Lipinski definition) is 1. The molecule has 1 aliphatic rings. The normalized spacial score (nSPS) is 20.6. The molecule has 17 heavy (non-hydrogen) atoms. The Morgan fingerprint density at radius 1 is 1.47 bits per heavy atom. The molecular weight excluding hydrogens is 216 g/mol. The molecule has 1 fully saturated rings. The first kappa shape index (κ1) is 14.5. The van der Waals surface area contributed by atoms with Crippen LogP contribution in [0, 0.1) is 0 Å². The second-order valence-corrected chi connectivity index (χ2v) is 5.13. The Kier molecular flexibility index (Phi) is 5.40. The van der Waals surface area contributed by atoms with Crippen molar-refractivity contribution < 1.29 is 9.53 Å². The maximum Gasteiger partial charge on any atom is 0.242 e. The SMILES string of the molecule is CCNC(C)(C)C(=O)N(CC)CC1CCCO1. The molecule has 1 amide bonds. The predicted molar refractivity (Wildman–Crippen MR) is 69.0 cm³/mol. The highest BCUT2D eigenvalue weighted by atomic mass is 16.5. The fraction of sp³-hybridized carbons (Fsp3) is 0.923. The molecule has 1 unspecified atom stereocenters. The lowest BCUT2D eigenvalue weighted by atomic mass is 10.0. The van der Waals surface area contributed by atoms with Crippen LogP contribution in [0.2, 0.25) is 0 Å². The highest BCUT2D eigenvalue weighted by Crippen LogP contribution is 2.15. The van der Waals surface area contributed by atoms with Crippen molar-refractivity contribution in [2.45, 2.75) is 52.2 Å². The highest BCUT2D eigenvalue weighted by Gasteiger charge is 2.32. The van der Waals surface area contributed by atoms with Crippen molar-refractivity contribution >= 4 is 5.91 Å². The molecule has 0 aromatic carbocycles. The molecule has 0 saturated carbocycles. The molecule has 0 radical (unpaired) electrons. The van der Waals surface area contributed by atoms with E-state index < -0.39 is 5.54 Å². The van der Waals surface area contributed by atoms with Gasteiger partial charge in [-0.1, -0.05) is 6.92 Å². The molecule has 1 aliphatic heterocycles. The van der Waals surface area contributed by atoms with Crippen molar-refractivity contribution in [3.63, 3.8) is 0 Å². The first-order valence-corrected chi connectivity index (χ1v) is 6.67. The Balaban J connectivity index is 2.56. The highest BCUT2D eigenvalue weighted by molar-refractivity contribution is 5.85. The molecule has 0 aliphatic carbocycles. The molecule has 1 rings (SSSR count). The third-order valence-corrected chi connectivity index (χ3v) is 3.27. The van der Waals surface area contributed by atoms with E-state index in [2.05, 4.69) is 5.32 Å². The van der Waals surface area contributed by atoms with Crippen molar-refractivity contribution in [2.75, 3.05) is 26.2 Å². The topological polar surface area (TPSA) is 41.6 Å². The lowest BCUT2D eigenvalue weighted by Gasteiger charge is -2.33. The number of rotatable bonds is 6. The second-order valence-electron chi connectivity index (χ2n) is 5.13. The Hall–Kier alpha value is -0.610. The zero-order valence-electron chi connectivity index (χ0n) is 11.6. The van der Waals surface area contributed by atoms with Gasteiger partial charge in [-0.05, 0) is 40.2 Å². The molecule has 1 N–H and O–H groups in total. The second kappa shape index (κ2) is 6.36. The van der Waals surface area contributed by atoms with Gasteiger partial charge in [-0.3, -0.25) is 4.79 Å². The summed E-state index contributed by atoms with van der Waals surface area (Å²) >= 11 is 0. The zero-order valence-corrected chi connectivity index (χ0v) is 11.6. The van der Waals surface area contributed by atoms with Crippen LogP contribution in [0.15, 0.2) is 0 Å². The lowest BCUT2D eigenvalue weighted by molar-refractivity contribution is -0.138. The number of carbonyl (C=O) groups is 1. The number of nitrogens with one attached hydrogen (secondary N) is 1. The largest absolute Gasteiger partial charge is 0.376 e. The van der Waals surface area contributed by atoms with Crippen LogP contribution >= 0.6 is 0 Å². The van der Waals surface area contributed by atoms with E-state index in [1.54, 1.807) is 0 Å². The van der Waals surface area contributed by atoms with Crippen LogP contribution in [0.25, 0.3) is 0 Å². The Bertz CT molecular complexity index is 248. The van der Waals surface area contributed by atoms with Crippen LogP contribution in [0.4, 0.5) is 0 Å². The van der Waals surface area contributed by atoms with E-state index >= 15 is 0 Å². The number of nitrogens with zero attached hydrogens (tertiary/aromatic N) is 1. The monoisotopic (exact) mass is 242 g/mol. The van der Waals surface area contributed by atoms with Gasteiger partial charge in [0.25, 0.3) is 0 Å². The van der Waals surface area contributed by atoms with E-state index in [0.29, 0.717) is 0 Å². The number of hydrogen-bond acceptors (Lipinski definition) is 3. The van der Waals surface area contributed by atoms with Crippen LogP contribution in [-0.2, 0) is 9.53 Å². The quantitative estimate of drug-likeness (QED) is 0.765. The summed E-state index contributed by atoms with van der Waals surface area (Å²) in [6, 6.07) is 0. The van der Waals surface area contributed by atoms with E-state index in [1.165, 1.54) is 0 Å². The molecule has 1 atom stereocenters. The third kappa shape index (κ3) is 3.96. The van der Waals surface area contributed by atoms with Crippen LogP contribution in [0.5, 0.6) is 0 Å². The molecular formula is C13H26N2O2. The summed E-state index contributed by atoms with van der Waals surface area (Å²) < 4.78 is 5.59. The molecule has 4 heteroatoms. The average molecular weight is 242 g/mol. The molecule has 0 aromatic rings. The summed E-state index contributed by atoms with van der Waals surface area (Å²) in [7, 11) is 0. The van der Waals surface area contributed by atoms with Gasteiger partial charge < -0.3 is 15.0 Å². The minimum absolute atomic E-state index is 0.164. The van der Waals surface area contributed by atoms with Gasteiger partial charge in [0, 0.05) is 19.7 Å². The number of amides is 1. The molecule has 0 aromatic heterocycles. The number of carbonyl (C=O) groups excluding carboxylic acids is 1. The molecule has 1 heterocycles. The minimum Gasteiger partial charge on any atom is -0.376 e. The molecule has 4 nitrogen and oxygen atoms in total. The molecule has 100 valence electrons. The summed E-state index contributed by atoms with van der Waals surface area (Å²) in [6.45, 7) is 11.0. The van der Waals surface area contributed by atoms with Crippen molar-refractivity contribution in [2.24, 2.45) is 0 Å². The summed E-state index contributed by atoms with van der Waals surface area (Å²) in [5.41, 5.74) is -0.483. The lowest BCUT2D eigenvalue weighted by Crippen LogP contribution is -2.55. The van der Waals surface area contributed by atoms with Crippen molar-refractivity contribution in [3.05, 3.63) is 0 Å². The summed E-state index contributed by atoms with van der Waals surface area (Å²) in [5, 5.41) is 3.23. The third-order valence-electron chi connectivity index (χ3n) is 3.27. The average Bonchev–Trinajstić information content (AvgIpc) is 2.77. The van der Waals surface area contributed by atoms with E-state index in [0.717, 1.165) is 39.1 Å². The zero-order chi connectivity index (χ0) is 12.9. The van der Waals surface area contributed by atoms with Gasteiger partial charge in [-0.25, -0.2) is 0 Å². The molecule has 1 saturated heterocycles. The van der Waals surface area contributed by atoms with Gasteiger partial charge in [-0.15, -0.1) is 0 Å². The Morgan fingerprint density at radius 2 is 2.18 bits per heavy atom. The summed E-state index contributed by atoms with van der Waals surface area (Å²) in [6.07, 6.45) is 2.43. The van der Waals surface area contributed by atoms with Gasteiger partial charge in [0.05, 0.1) is 11.6 Å². The van der Waals surface area contributed by atoms with E-state index in [1.807, 2.05) is 32.6 Å². The Labute approximate surface area is 105 Å². The fourth-order valence-corrected chi connectivity index (χ4v) is 2.30. The van der Waals surface area contributed by atoms with Crippen LogP contribution in [0.3, 0.4) is 0 Å². The van der Waals surface area contributed by atoms with Gasteiger partial charge in [-0.2, -0.15) is 0 Å². The first-order chi connectivity index (χ1) is 8.01. The predicted octanol–water partition coefficient (Wildman–Crippen LogP) is 1.40. The number of likely N-dealkylation sites (N-methyl/N-ethyl adjacent to an activating group) is 2. The van der Waals surface area contributed by atoms with Crippen LogP contribution in [-0.4, -0.2) is 48.7 Å². The van der Waals surface area contributed by atoms with Gasteiger partial charge in [0.1, 0.15) is 0 Å². The maximum absolute atomic E-state index is 12.4. The van der Waals surface area contributed by atoms with Gasteiger partial charge >= 0.3 is 0 Å². The molecule has 0 spiro atoms. The maximum atomic E-state index is 12.4. The van der Waals surface area contributed by atoms with Crippen LogP contribution in [0.1, 0.15) is 40.5 Å². The first-order valence-electron chi connectivity index (χ1n) is 6.67. The fourth-order valence-electron chi connectivity index (χ4n) is 2.30. The standard InChI is InChI=1S/C13H26N2O2/c1-5-14-13(3,4)12(16)15(6-2)10-11-8-7-9-17-11/h11,14H,5-10H2,1-4H3.